The molecule has 13 heteroatoms. The second-order valence-corrected chi connectivity index (χ2v) is 12.5. The van der Waals surface area contributed by atoms with Gasteiger partial charge in [0.1, 0.15) is 12.3 Å². The molecule has 0 aromatic heterocycles. The fourth-order valence-corrected chi connectivity index (χ4v) is 7.72. The van der Waals surface area contributed by atoms with E-state index in [9.17, 15) is 10.1 Å². The lowest BCUT2D eigenvalue weighted by Gasteiger charge is -2.47. The van der Waals surface area contributed by atoms with E-state index >= 15 is 13.2 Å². The van der Waals surface area contributed by atoms with E-state index in [-0.39, 0.29) is 42.5 Å². The number of fused-ring (bicyclic) bond motifs is 7. The molecular weight excluding hydrogens is 567 g/mol. The van der Waals surface area contributed by atoms with E-state index in [1.807, 2.05) is 6.08 Å². The first-order valence-corrected chi connectivity index (χ1v) is 15.6. The summed E-state index contributed by atoms with van der Waals surface area (Å²) >= 11 is 0. The van der Waals surface area contributed by atoms with E-state index < -0.39 is 36.3 Å². The van der Waals surface area contributed by atoms with Crippen LogP contribution in [0.5, 0.6) is 0 Å². The highest BCUT2D eigenvalue weighted by Crippen LogP contribution is 2.44. The molecule has 5 aliphatic heterocycles. The van der Waals surface area contributed by atoms with E-state index in [1.54, 1.807) is 30.3 Å². The zero-order valence-corrected chi connectivity index (χ0v) is 24.3. The standard InChI is InChI=1S/C30H42F3N5O5/c31-30(32,33)29(42-19-20-8-3-1-4-9-20)14-6-2-5-10-22-11-7-15-37(22)26-23(21-12-16-41-17-13-21)18-24(38(39)40)25(34-26)27-35-36-28(29)43-27/h1,3-4,8-9,12,22-28,34-36H,2,5-7,10-11,13-19H2/t22-,23?,24?,25?,26?,27?,28?,29?/m0/s1. The minimum Gasteiger partial charge on any atom is -0.377 e. The van der Waals surface area contributed by atoms with Crippen LogP contribution >= 0.6 is 0 Å². The summed E-state index contributed by atoms with van der Waals surface area (Å²) in [6, 6.07) is 7.10. The van der Waals surface area contributed by atoms with Gasteiger partial charge in [0.2, 0.25) is 11.6 Å². The summed E-state index contributed by atoms with van der Waals surface area (Å²) in [5, 5.41) is 16.1. The van der Waals surface area contributed by atoms with Gasteiger partial charge in [-0.15, -0.1) is 0 Å². The minimum absolute atomic E-state index is 0.0994. The van der Waals surface area contributed by atoms with Crippen molar-refractivity contribution in [2.24, 2.45) is 5.92 Å². The molecule has 0 radical (unpaired) electrons. The van der Waals surface area contributed by atoms with Gasteiger partial charge in [-0.25, -0.2) is 10.9 Å². The van der Waals surface area contributed by atoms with Crippen LogP contribution in [0.2, 0.25) is 0 Å². The van der Waals surface area contributed by atoms with Gasteiger partial charge in [0, 0.05) is 23.3 Å². The van der Waals surface area contributed by atoms with Crippen molar-refractivity contribution in [2.45, 2.75) is 113 Å². The number of halogens is 3. The molecule has 1 aromatic carbocycles. The number of rotatable bonds is 5. The first kappa shape index (κ1) is 30.9. The number of piperidine rings is 1. The van der Waals surface area contributed by atoms with Gasteiger partial charge in [0.15, 0.2) is 6.23 Å². The number of ether oxygens (including phenoxy) is 3. The van der Waals surface area contributed by atoms with Crippen LogP contribution in [0.15, 0.2) is 42.0 Å². The predicted molar refractivity (Wildman–Crippen MR) is 151 cm³/mol. The minimum atomic E-state index is -4.76. The van der Waals surface area contributed by atoms with Crippen molar-refractivity contribution >= 4 is 0 Å². The number of alkyl halides is 3. The molecule has 10 nitrogen and oxygen atoms in total. The van der Waals surface area contributed by atoms with E-state index in [1.165, 1.54) is 0 Å². The van der Waals surface area contributed by atoms with Crippen LogP contribution in [0.25, 0.3) is 0 Å². The van der Waals surface area contributed by atoms with Crippen molar-refractivity contribution in [1.82, 2.24) is 21.1 Å². The lowest BCUT2D eigenvalue weighted by molar-refractivity contribution is -0.535. The number of nitro groups is 1. The summed E-state index contributed by atoms with van der Waals surface area (Å²) in [7, 11) is 0. The normalized spacial score (nSPS) is 37.7. The molecule has 5 heterocycles. The highest BCUT2D eigenvalue weighted by molar-refractivity contribution is 5.17. The maximum Gasteiger partial charge on any atom is 0.421 e. The van der Waals surface area contributed by atoms with Gasteiger partial charge in [-0.05, 0) is 44.2 Å². The van der Waals surface area contributed by atoms with E-state index in [2.05, 4.69) is 21.1 Å². The molecule has 1 aromatic rings. The molecule has 0 amide bonds. The first-order chi connectivity index (χ1) is 20.8. The van der Waals surface area contributed by atoms with Crippen LogP contribution < -0.4 is 16.2 Å². The van der Waals surface area contributed by atoms with Crippen LogP contribution in [0.3, 0.4) is 0 Å². The van der Waals surface area contributed by atoms with E-state index in [0.717, 1.165) is 37.8 Å². The van der Waals surface area contributed by atoms with Gasteiger partial charge < -0.3 is 14.2 Å². The van der Waals surface area contributed by atoms with E-state index in [0.29, 0.717) is 38.0 Å². The third kappa shape index (κ3) is 6.35. The number of hydrogen-bond acceptors (Lipinski definition) is 9. The second kappa shape index (κ2) is 13.1. The molecule has 43 heavy (non-hydrogen) atoms. The molecular formula is C30H42F3N5O5. The maximum absolute atomic E-state index is 15.1. The van der Waals surface area contributed by atoms with Crippen molar-refractivity contribution in [3.05, 3.63) is 57.7 Å². The van der Waals surface area contributed by atoms with Gasteiger partial charge in [0.25, 0.3) is 0 Å². The summed E-state index contributed by atoms with van der Waals surface area (Å²) in [4.78, 5) is 14.7. The van der Waals surface area contributed by atoms with Gasteiger partial charge in [-0.2, -0.15) is 13.2 Å². The first-order valence-electron chi connectivity index (χ1n) is 15.6. The number of hydrogen-bond donors (Lipinski definition) is 3. The third-order valence-electron chi connectivity index (χ3n) is 9.97. The second-order valence-electron chi connectivity index (χ2n) is 12.5. The average Bonchev–Trinajstić information content (AvgIpc) is 3.68. The van der Waals surface area contributed by atoms with Gasteiger partial charge in [-0.3, -0.25) is 20.3 Å². The Kier molecular flexibility index (Phi) is 9.39. The number of benzene rings is 1. The van der Waals surface area contributed by atoms with E-state index in [4.69, 9.17) is 14.2 Å². The highest BCUT2D eigenvalue weighted by Gasteiger charge is 2.64. The molecule has 0 aliphatic carbocycles. The molecule has 4 saturated heterocycles. The third-order valence-corrected chi connectivity index (χ3v) is 9.97. The molecule has 0 saturated carbocycles. The molecule has 5 aliphatic rings. The number of nitrogens with zero attached hydrogens (tertiary/aromatic N) is 2. The fraction of sp³-hybridized carbons (Fsp3) is 0.733. The van der Waals surface area contributed by atoms with Crippen molar-refractivity contribution in [2.75, 3.05) is 19.8 Å². The highest BCUT2D eigenvalue weighted by atomic mass is 19.4. The smallest absolute Gasteiger partial charge is 0.377 e. The van der Waals surface area contributed by atoms with Crippen LogP contribution in [-0.4, -0.2) is 78.1 Å². The number of hydrazine groups is 1. The summed E-state index contributed by atoms with van der Waals surface area (Å²) in [5.74, 6) is -0.0994. The Balaban J connectivity index is 1.33. The molecule has 0 spiro atoms. The quantitative estimate of drug-likeness (QED) is 0.259. The van der Waals surface area contributed by atoms with Crippen molar-refractivity contribution in [3.8, 4) is 0 Å². The lowest BCUT2D eigenvalue weighted by Crippen LogP contribution is -2.68. The molecule has 4 fully saturated rings. The summed E-state index contributed by atoms with van der Waals surface area (Å²) in [5.41, 5.74) is 4.72. The summed E-state index contributed by atoms with van der Waals surface area (Å²) in [6.45, 7) is 1.69. The Bertz CT molecular complexity index is 1140. The van der Waals surface area contributed by atoms with Gasteiger partial charge in [-0.1, -0.05) is 61.2 Å². The largest absolute Gasteiger partial charge is 0.421 e. The SMILES string of the molecule is O=[N+]([O-])C1CC(C2=CCOCC2)C2NC1C1NNC(O1)C(OCc1ccccc1)(C(F)(F)F)CCCCC[C@H]1CCCN21. The van der Waals surface area contributed by atoms with Gasteiger partial charge in [0.05, 0.1) is 26.0 Å². The zero-order chi connectivity index (χ0) is 30.0. The van der Waals surface area contributed by atoms with Crippen molar-refractivity contribution < 1.29 is 32.3 Å². The van der Waals surface area contributed by atoms with Gasteiger partial charge >= 0.3 is 6.18 Å². The Morgan fingerprint density at radius 3 is 2.67 bits per heavy atom. The maximum atomic E-state index is 15.1. The van der Waals surface area contributed by atoms with Crippen LogP contribution in [-0.2, 0) is 20.8 Å². The van der Waals surface area contributed by atoms with Crippen LogP contribution in [0.4, 0.5) is 13.2 Å². The predicted octanol–water partition coefficient (Wildman–Crippen LogP) is 4.01. The summed E-state index contributed by atoms with van der Waals surface area (Å²) < 4.78 is 62.8. The lowest BCUT2D eigenvalue weighted by atomic mass is 9.79. The molecule has 3 N–H and O–H groups in total. The monoisotopic (exact) mass is 609 g/mol. The molecule has 4 bridgehead atoms. The number of nitrogens with one attached hydrogen (secondary N) is 3. The Morgan fingerprint density at radius 2 is 1.93 bits per heavy atom. The topological polar surface area (TPSA) is 110 Å². The summed E-state index contributed by atoms with van der Waals surface area (Å²) in [6.07, 6.45) is -0.229. The Morgan fingerprint density at radius 1 is 1.12 bits per heavy atom. The van der Waals surface area contributed by atoms with Crippen LogP contribution in [0.1, 0.15) is 63.4 Å². The zero-order valence-electron chi connectivity index (χ0n) is 24.3. The average molecular weight is 610 g/mol. The molecule has 238 valence electrons. The molecule has 6 rings (SSSR count). The van der Waals surface area contributed by atoms with Crippen molar-refractivity contribution in [1.29, 1.82) is 0 Å². The Hall–Kier alpha value is -2.13. The Labute approximate surface area is 249 Å². The molecule has 8 atom stereocenters. The van der Waals surface area contributed by atoms with Crippen LogP contribution in [0, 0.1) is 16.0 Å². The van der Waals surface area contributed by atoms with Crippen molar-refractivity contribution in [3.63, 3.8) is 0 Å². The molecule has 7 unspecified atom stereocenters. The fourth-order valence-electron chi connectivity index (χ4n) is 7.72.